The van der Waals surface area contributed by atoms with E-state index in [2.05, 4.69) is 144 Å². The molecule has 0 bridgehead atoms. The Labute approximate surface area is 236 Å². The summed E-state index contributed by atoms with van der Waals surface area (Å²) in [7, 11) is 0. The minimum Gasteiger partial charge on any atom is -0.308 e. The largest absolute Gasteiger partial charge is 0.308 e. The van der Waals surface area contributed by atoms with E-state index in [-0.39, 0.29) is 0 Å². The molecule has 1 aliphatic rings. The Morgan fingerprint density at radius 2 is 0.927 bits per heavy atom. The maximum atomic E-state index is 2.54. The van der Waals surface area contributed by atoms with Gasteiger partial charge in [-0.2, -0.15) is 0 Å². The third kappa shape index (κ3) is 2.61. The molecule has 0 N–H and O–H groups in total. The van der Waals surface area contributed by atoms with Gasteiger partial charge in [0.1, 0.15) is 0 Å². The summed E-state index contributed by atoms with van der Waals surface area (Å²) >= 11 is 0. The summed E-state index contributed by atoms with van der Waals surface area (Å²) in [5.74, 6) is 0. The van der Waals surface area contributed by atoms with Crippen LogP contribution in [0.15, 0.2) is 140 Å². The molecule has 188 valence electrons. The van der Waals surface area contributed by atoms with Crippen LogP contribution in [0.2, 0.25) is 0 Å². The molecular weight excluding hydrogens is 494 g/mol. The van der Waals surface area contributed by atoms with Crippen molar-refractivity contribution in [3.05, 3.63) is 140 Å². The first-order valence-corrected chi connectivity index (χ1v) is 14.3. The molecule has 0 amide bonds. The summed E-state index contributed by atoms with van der Waals surface area (Å²) in [5.41, 5.74) is 9.07. The van der Waals surface area contributed by atoms with Gasteiger partial charge < -0.3 is 4.57 Å². The molecule has 0 radical (unpaired) electrons. The highest BCUT2D eigenvalue weighted by molar-refractivity contribution is 6.36. The summed E-state index contributed by atoms with van der Waals surface area (Å²) in [6.07, 6.45) is 0. The van der Waals surface area contributed by atoms with Crippen molar-refractivity contribution in [3.8, 4) is 27.9 Å². The van der Waals surface area contributed by atoms with Gasteiger partial charge >= 0.3 is 0 Å². The molecule has 1 aliphatic carbocycles. The van der Waals surface area contributed by atoms with Crippen LogP contribution in [0.1, 0.15) is 0 Å². The molecule has 0 unspecified atom stereocenters. The summed E-state index contributed by atoms with van der Waals surface area (Å²) < 4.78 is 2.54. The van der Waals surface area contributed by atoms with Crippen molar-refractivity contribution >= 4 is 64.9 Å². The van der Waals surface area contributed by atoms with Crippen LogP contribution in [0.3, 0.4) is 0 Å². The van der Waals surface area contributed by atoms with Crippen molar-refractivity contribution in [1.29, 1.82) is 0 Å². The van der Waals surface area contributed by atoms with Gasteiger partial charge in [0.15, 0.2) is 0 Å². The minimum absolute atomic E-state index is 1.23. The molecule has 8 aromatic carbocycles. The quantitative estimate of drug-likeness (QED) is 0.191. The van der Waals surface area contributed by atoms with E-state index >= 15 is 0 Å². The lowest BCUT2D eigenvalue weighted by atomic mass is 9.93. The zero-order valence-corrected chi connectivity index (χ0v) is 22.2. The Kier molecular flexibility index (Phi) is 3.98. The van der Waals surface area contributed by atoms with Gasteiger partial charge in [-0.1, -0.05) is 127 Å². The molecule has 1 nitrogen and oxygen atoms in total. The van der Waals surface area contributed by atoms with E-state index < -0.39 is 0 Å². The number of hydrogen-bond donors (Lipinski definition) is 0. The third-order valence-corrected chi connectivity index (χ3v) is 9.29. The summed E-state index contributed by atoms with van der Waals surface area (Å²) in [6.45, 7) is 0. The fraction of sp³-hybridized carbons (Fsp3) is 0. The van der Waals surface area contributed by atoms with E-state index in [0.717, 1.165) is 0 Å². The van der Waals surface area contributed by atoms with E-state index in [1.54, 1.807) is 0 Å². The second-order valence-corrected chi connectivity index (χ2v) is 11.2. The van der Waals surface area contributed by atoms with Crippen molar-refractivity contribution in [1.82, 2.24) is 4.57 Å². The van der Waals surface area contributed by atoms with E-state index in [0.29, 0.717) is 0 Å². The first-order chi connectivity index (χ1) is 20.4. The average molecular weight is 518 g/mol. The lowest BCUT2D eigenvalue weighted by Gasteiger charge is -2.16. The molecule has 1 heterocycles. The highest BCUT2D eigenvalue weighted by Gasteiger charge is 2.25. The van der Waals surface area contributed by atoms with Gasteiger partial charge in [-0.15, -0.1) is 0 Å². The Hall–Kier alpha value is -5.40. The van der Waals surface area contributed by atoms with E-state index in [9.17, 15) is 0 Å². The number of nitrogens with zero attached hydrogens (tertiary/aromatic N) is 1. The van der Waals surface area contributed by atoms with Crippen LogP contribution >= 0.6 is 0 Å². The average Bonchev–Trinajstić information content (AvgIpc) is 3.56. The lowest BCUT2D eigenvalue weighted by Crippen LogP contribution is -1.97. The number of aromatic nitrogens is 1. The van der Waals surface area contributed by atoms with Crippen LogP contribution in [0.4, 0.5) is 0 Å². The standard InChI is InChI=1S/C40H23N/c1-2-11-25-24(10-1)20-21-34-37(25)29-14-5-6-15-30(29)39-33-16-7-8-19-35(33)41(40(34)39)36-23-22-31-27-13-4-3-12-26(27)28-17-9-18-32(36)38(28)31/h1-23H. The Bertz CT molecular complexity index is 2550. The number of para-hydroxylation sites is 1. The molecule has 10 rings (SSSR count). The van der Waals surface area contributed by atoms with Crippen molar-refractivity contribution < 1.29 is 0 Å². The monoisotopic (exact) mass is 517 g/mol. The topological polar surface area (TPSA) is 4.93 Å². The Morgan fingerprint density at radius 3 is 1.76 bits per heavy atom. The van der Waals surface area contributed by atoms with Gasteiger partial charge in [0.2, 0.25) is 0 Å². The van der Waals surface area contributed by atoms with Crippen LogP contribution in [0.5, 0.6) is 0 Å². The van der Waals surface area contributed by atoms with Crippen LogP contribution in [0.25, 0.3) is 92.8 Å². The van der Waals surface area contributed by atoms with Gasteiger partial charge in [0, 0.05) is 21.5 Å². The summed E-state index contributed by atoms with van der Waals surface area (Å²) in [5, 5.41) is 13.1. The summed E-state index contributed by atoms with van der Waals surface area (Å²) in [4.78, 5) is 0. The fourth-order valence-corrected chi connectivity index (χ4v) is 7.68. The van der Waals surface area contributed by atoms with Crippen molar-refractivity contribution in [2.45, 2.75) is 0 Å². The smallest absolute Gasteiger partial charge is 0.0626 e. The molecule has 0 aliphatic heterocycles. The van der Waals surface area contributed by atoms with Gasteiger partial charge in [-0.25, -0.2) is 0 Å². The van der Waals surface area contributed by atoms with Crippen molar-refractivity contribution in [3.63, 3.8) is 0 Å². The molecule has 0 saturated carbocycles. The van der Waals surface area contributed by atoms with Crippen LogP contribution in [-0.2, 0) is 0 Å². The normalized spacial score (nSPS) is 12.4. The number of benzene rings is 8. The highest BCUT2D eigenvalue weighted by Crippen LogP contribution is 2.50. The first kappa shape index (κ1) is 21.4. The van der Waals surface area contributed by atoms with E-state index in [1.807, 2.05) is 0 Å². The van der Waals surface area contributed by atoms with E-state index in [4.69, 9.17) is 0 Å². The number of rotatable bonds is 1. The predicted octanol–water partition coefficient (Wildman–Crippen LogP) is 11.0. The van der Waals surface area contributed by atoms with Gasteiger partial charge in [-0.3, -0.25) is 0 Å². The van der Waals surface area contributed by atoms with Gasteiger partial charge in [0.25, 0.3) is 0 Å². The minimum atomic E-state index is 1.23. The van der Waals surface area contributed by atoms with Gasteiger partial charge in [0.05, 0.1) is 16.7 Å². The molecule has 9 aromatic rings. The third-order valence-electron chi connectivity index (χ3n) is 9.29. The molecule has 0 spiro atoms. The summed E-state index contributed by atoms with van der Waals surface area (Å²) in [6, 6.07) is 51.6. The predicted molar refractivity (Wildman–Crippen MR) is 175 cm³/mol. The van der Waals surface area contributed by atoms with Crippen molar-refractivity contribution in [2.75, 3.05) is 0 Å². The zero-order chi connectivity index (χ0) is 26.7. The Morgan fingerprint density at radius 1 is 0.317 bits per heavy atom. The molecule has 1 aromatic heterocycles. The number of fused-ring (bicyclic) bond motifs is 13. The Balaban J connectivity index is 1.47. The first-order valence-electron chi connectivity index (χ1n) is 14.3. The molecule has 0 saturated heterocycles. The maximum Gasteiger partial charge on any atom is 0.0626 e. The zero-order valence-electron chi connectivity index (χ0n) is 22.2. The second kappa shape index (κ2) is 7.62. The van der Waals surface area contributed by atoms with Crippen LogP contribution in [-0.4, -0.2) is 4.57 Å². The fourth-order valence-electron chi connectivity index (χ4n) is 7.68. The van der Waals surface area contributed by atoms with E-state index in [1.165, 1.54) is 92.8 Å². The second-order valence-electron chi connectivity index (χ2n) is 11.2. The van der Waals surface area contributed by atoms with Crippen molar-refractivity contribution in [2.24, 2.45) is 0 Å². The molecule has 41 heavy (non-hydrogen) atoms. The molecule has 0 atom stereocenters. The maximum absolute atomic E-state index is 2.54. The number of hydrogen-bond acceptors (Lipinski definition) is 0. The van der Waals surface area contributed by atoms with Crippen LogP contribution < -0.4 is 0 Å². The molecule has 1 heteroatoms. The van der Waals surface area contributed by atoms with Gasteiger partial charge in [-0.05, 0) is 66.7 Å². The van der Waals surface area contributed by atoms with Crippen LogP contribution in [0, 0.1) is 0 Å². The molecular formula is C40H23N. The SMILES string of the molecule is c1ccc2c(c1)-c1cccc3c(-n4c5ccccc5c5c6ccccc6c6c7ccccc7ccc6c54)ccc-2c13. The molecule has 0 fully saturated rings. The highest BCUT2D eigenvalue weighted by atomic mass is 15.0. The lowest BCUT2D eigenvalue weighted by molar-refractivity contribution is 1.21.